The number of benzene rings is 3. The molecule has 178 valence electrons. The fourth-order valence-electron chi connectivity index (χ4n) is 3.56. The van der Waals surface area contributed by atoms with Gasteiger partial charge in [-0.15, -0.1) is 0 Å². The number of ether oxygens (including phenoxy) is 1. The zero-order valence-corrected chi connectivity index (χ0v) is 20.3. The monoisotopic (exact) mass is 481 g/mol. The molecule has 0 heterocycles. The van der Waals surface area contributed by atoms with E-state index in [-0.39, 0.29) is 10.6 Å². The van der Waals surface area contributed by atoms with Gasteiger partial charge in [-0.25, -0.2) is 8.42 Å². The van der Waals surface area contributed by atoms with Crippen molar-refractivity contribution in [2.45, 2.75) is 25.7 Å². The Labute approximate surface area is 199 Å². The lowest BCUT2D eigenvalue weighted by atomic mass is 10.1. The third kappa shape index (κ3) is 5.55. The molecular formula is C25H27N3O5S. The van der Waals surface area contributed by atoms with Crippen molar-refractivity contribution in [2.24, 2.45) is 5.73 Å². The molecule has 3 rings (SSSR count). The number of rotatable bonds is 8. The summed E-state index contributed by atoms with van der Waals surface area (Å²) in [6.45, 7) is 5.02. The van der Waals surface area contributed by atoms with E-state index in [0.717, 1.165) is 21.0 Å². The Morgan fingerprint density at radius 3 is 2.09 bits per heavy atom. The molecule has 0 aromatic heterocycles. The number of hydrogen-bond donors (Lipinski definition) is 2. The third-order valence-electron chi connectivity index (χ3n) is 5.12. The van der Waals surface area contributed by atoms with Gasteiger partial charge in [0.05, 0.1) is 12.8 Å². The lowest BCUT2D eigenvalue weighted by molar-refractivity contribution is -0.114. The van der Waals surface area contributed by atoms with Crippen LogP contribution in [0.1, 0.15) is 27.0 Å². The van der Waals surface area contributed by atoms with Crippen LogP contribution in [0.25, 0.3) is 0 Å². The van der Waals surface area contributed by atoms with Crippen LogP contribution < -0.4 is 20.1 Å². The van der Waals surface area contributed by atoms with Gasteiger partial charge in [-0.2, -0.15) is 0 Å². The van der Waals surface area contributed by atoms with E-state index >= 15 is 0 Å². The Bertz CT molecular complexity index is 1310. The molecular weight excluding hydrogens is 454 g/mol. The van der Waals surface area contributed by atoms with Crippen molar-refractivity contribution in [1.29, 1.82) is 0 Å². The summed E-state index contributed by atoms with van der Waals surface area (Å²) in [5.74, 6) is -0.958. The molecule has 0 spiro atoms. The zero-order chi connectivity index (χ0) is 25.0. The van der Waals surface area contributed by atoms with Crippen LogP contribution in [0.15, 0.2) is 65.6 Å². The summed E-state index contributed by atoms with van der Waals surface area (Å²) in [6, 6.07) is 16.2. The average molecular weight is 482 g/mol. The van der Waals surface area contributed by atoms with Crippen molar-refractivity contribution < 1.29 is 22.7 Å². The molecule has 2 amide bonds. The summed E-state index contributed by atoms with van der Waals surface area (Å²) >= 11 is 0. The number of primary amides is 1. The lowest BCUT2D eigenvalue weighted by Crippen LogP contribution is -2.38. The predicted octanol–water partition coefficient (Wildman–Crippen LogP) is 3.55. The van der Waals surface area contributed by atoms with E-state index < -0.39 is 28.4 Å². The SMILES string of the molecule is COc1ccc(C)cc1S(=O)(=O)N(CC(=O)Nc1ccc(C(N)=O)cc1)c1cc(C)cc(C)c1. The molecule has 0 saturated heterocycles. The maximum Gasteiger partial charge on any atom is 0.268 e. The van der Waals surface area contributed by atoms with Crippen LogP contribution in [0.2, 0.25) is 0 Å². The summed E-state index contributed by atoms with van der Waals surface area (Å²) in [7, 11) is -2.78. The summed E-state index contributed by atoms with van der Waals surface area (Å²) in [5, 5.41) is 2.67. The Hall–Kier alpha value is -3.85. The van der Waals surface area contributed by atoms with Gasteiger partial charge < -0.3 is 15.8 Å². The van der Waals surface area contributed by atoms with Crippen molar-refractivity contribution in [3.8, 4) is 5.75 Å². The van der Waals surface area contributed by atoms with E-state index in [1.54, 1.807) is 31.2 Å². The minimum absolute atomic E-state index is 0.0345. The van der Waals surface area contributed by atoms with Gasteiger partial charge >= 0.3 is 0 Å². The molecule has 3 aromatic carbocycles. The summed E-state index contributed by atoms with van der Waals surface area (Å²) in [6.07, 6.45) is 0. The molecule has 0 aliphatic rings. The number of aryl methyl sites for hydroxylation is 3. The number of amides is 2. The summed E-state index contributed by atoms with van der Waals surface area (Å²) < 4.78 is 34.0. The highest BCUT2D eigenvalue weighted by atomic mass is 32.2. The molecule has 0 fully saturated rings. The van der Waals surface area contributed by atoms with Crippen LogP contribution in [-0.4, -0.2) is 33.9 Å². The van der Waals surface area contributed by atoms with Gasteiger partial charge in [0.2, 0.25) is 11.8 Å². The largest absolute Gasteiger partial charge is 0.495 e. The number of nitrogens with two attached hydrogens (primary N) is 1. The number of carbonyl (C=O) groups is 2. The first-order chi connectivity index (χ1) is 16.0. The van der Waals surface area contributed by atoms with Gasteiger partial charge in [0.25, 0.3) is 10.0 Å². The van der Waals surface area contributed by atoms with Crippen molar-refractivity contribution in [1.82, 2.24) is 0 Å². The topological polar surface area (TPSA) is 119 Å². The average Bonchev–Trinajstić information content (AvgIpc) is 2.77. The molecule has 0 unspecified atom stereocenters. The summed E-state index contributed by atoms with van der Waals surface area (Å²) in [5.41, 5.74) is 8.75. The smallest absolute Gasteiger partial charge is 0.268 e. The Morgan fingerprint density at radius 1 is 0.912 bits per heavy atom. The van der Waals surface area contributed by atoms with Gasteiger partial charge in [0, 0.05) is 11.3 Å². The minimum Gasteiger partial charge on any atom is -0.495 e. The lowest BCUT2D eigenvalue weighted by Gasteiger charge is -2.26. The van der Waals surface area contributed by atoms with Crippen molar-refractivity contribution in [3.05, 3.63) is 82.9 Å². The van der Waals surface area contributed by atoms with Gasteiger partial charge in [-0.05, 0) is 86.0 Å². The van der Waals surface area contributed by atoms with Crippen molar-refractivity contribution in [2.75, 3.05) is 23.3 Å². The zero-order valence-electron chi connectivity index (χ0n) is 19.5. The standard InChI is InChI=1S/C25H27N3O5S/c1-16-5-10-22(33-4)23(14-16)34(31,32)28(21-12-17(2)11-18(3)13-21)15-24(29)27-20-8-6-19(7-9-20)25(26)30/h5-14H,15H2,1-4H3,(H2,26,30)(H,27,29). The van der Waals surface area contributed by atoms with Crippen LogP contribution in [0, 0.1) is 20.8 Å². The minimum atomic E-state index is -4.17. The first-order valence-corrected chi connectivity index (χ1v) is 11.9. The van der Waals surface area contributed by atoms with Crippen LogP contribution >= 0.6 is 0 Å². The van der Waals surface area contributed by atoms with E-state index in [9.17, 15) is 18.0 Å². The number of carbonyl (C=O) groups excluding carboxylic acids is 2. The quantitative estimate of drug-likeness (QED) is 0.510. The first kappa shape index (κ1) is 24.8. The highest BCUT2D eigenvalue weighted by molar-refractivity contribution is 7.93. The highest BCUT2D eigenvalue weighted by Crippen LogP contribution is 2.31. The predicted molar refractivity (Wildman–Crippen MR) is 132 cm³/mol. The highest BCUT2D eigenvalue weighted by Gasteiger charge is 2.30. The Morgan fingerprint density at radius 2 is 1.53 bits per heavy atom. The van der Waals surface area contributed by atoms with E-state index in [2.05, 4.69) is 5.32 Å². The second-order valence-electron chi connectivity index (χ2n) is 8.00. The van der Waals surface area contributed by atoms with Crippen LogP contribution in [0.5, 0.6) is 5.75 Å². The molecule has 34 heavy (non-hydrogen) atoms. The number of nitrogens with zero attached hydrogens (tertiary/aromatic N) is 1. The van der Waals surface area contributed by atoms with E-state index in [1.807, 2.05) is 19.9 Å². The second-order valence-corrected chi connectivity index (χ2v) is 9.83. The van der Waals surface area contributed by atoms with Gasteiger partial charge in [-0.1, -0.05) is 12.1 Å². The molecule has 0 aliphatic carbocycles. The van der Waals surface area contributed by atoms with Crippen molar-refractivity contribution >= 4 is 33.2 Å². The molecule has 9 heteroatoms. The molecule has 3 N–H and O–H groups in total. The molecule has 0 bridgehead atoms. The third-order valence-corrected chi connectivity index (χ3v) is 6.92. The molecule has 8 nitrogen and oxygen atoms in total. The van der Waals surface area contributed by atoms with Gasteiger partial charge in [0.15, 0.2) is 0 Å². The van der Waals surface area contributed by atoms with E-state index in [0.29, 0.717) is 16.9 Å². The fourth-order valence-corrected chi connectivity index (χ4v) is 5.21. The molecule has 0 atom stereocenters. The van der Waals surface area contributed by atoms with Crippen LogP contribution in [0.3, 0.4) is 0 Å². The molecule has 3 aromatic rings. The maximum atomic E-state index is 13.8. The van der Waals surface area contributed by atoms with E-state index in [4.69, 9.17) is 10.5 Å². The Balaban J connectivity index is 2.01. The number of nitrogens with one attached hydrogen (secondary N) is 1. The number of sulfonamides is 1. The second kappa shape index (κ2) is 9.96. The fraction of sp³-hybridized carbons (Fsp3) is 0.200. The molecule has 0 saturated carbocycles. The maximum absolute atomic E-state index is 13.8. The van der Waals surface area contributed by atoms with Crippen LogP contribution in [-0.2, 0) is 14.8 Å². The number of methoxy groups -OCH3 is 1. The Kier molecular flexibility index (Phi) is 7.26. The van der Waals surface area contributed by atoms with Gasteiger partial charge in [-0.3, -0.25) is 13.9 Å². The van der Waals surface area contributed by atoms with Crippen LogP contribution in [0.4, 0.5) is 11.4 Å². The van der Waals surface area contributed by atoms with Gasteiger partial charge in [0.1, 0.15) is 17.2 Å². The van der Waals surface area contributed by atoms with E-state index in [1.165, 1.54) is 37.4 Å². The summed E-state index contributed by atoms with van der Waals surface area (Å²) in [4.78, 5) is 24.2. The first-order valence-electron chi connectivity index (χ1n) is 10.5. The number of anilines is 2. The molecule has 0 radical (unpaired) electrons. The number of hydrogen-bond acceptors (Lipinski definition) is 5. The van der Waals surface area contributed by atoms with Crippen molar-refractivity contribution in [3.63, 3.8) is 0 Å². The molecule has 0 aliphatic heterocycles. The normalized spacial score (nSPS) is 11.1.